The summed E-state index contributed by atoms with van der Waals surface area (Å²) in [5.41, 5.74) is -0.145. The van der Waals surface area contributed by atoms with E-state index < -0.39 is 29.6 Å². The fourth-order valence-electron chi connectivity index (χ4n) is 4.88. The van der Waals surface area contributed by atoms with Gasteiger partial charge in [0.15, 0.2) is 23.3 Å². The fraction of sp³-hybridized carbons (Fsp3) is 0.375. The van der Waals surface area contributed by atoms with Gasteiger partial charge in [0, 0.05) is 33.4 Å². The maximum absolute atomic E-state index is 13.3. The third-order valence-electron chi connectivity index (χ3n) is 6.59. The number of rotatable bonds is 4. The van der Waals surface area contributed by atoms with E-state index in [-0.39, 0.29) is 56.6 Å². The summed E-state index contributed by atoms with van der Waals surface area (Å²) in [6.07, 6.45) is -0.209. The van der Waals surface area contributed by atoms with Crippen LogP contribution in [0.1, 0.15) is 71.6 Å². The molecule has 2 aromatic carbocycles. The number of phenols is 2. The van der Waals surface area contributed by atoms with Crippen molar-refractivity contribution < 1.29 is 34.1 Å². The van der Waals surface area contributed by atoms with Crippen LogP contribution in [0, 0.1) is 5.92 Å². The molecule has 0 amide bonds. The molecule has 31 heavy (non-hydrogen) atoms. The summed E-state index contributed by atoms with van der Waals surface area (Å²) in [5, 5.41) is 21.1. The van der Waals surface area contributed by atoms with E-state index in [0.29, 0.717) is 6.42 Å². The molecule has 1 fully saturated rings. The van der Waals surface area contributed by atoms with Crippen molar-refractivity contribution in [2.24, 2.45) is 5.92 Å². The molecule has 1 saturated heterocycles. The molecule has 2 aromatic rings. The summed E-state index contributed by atoms with van der Waals surface area (Å²) in [5.74, 6) is -2.03. The summed E-state index contributed by atoms with van der Waals surface area (Å²) < 4.78 is 11.5. The van der Waals surface area contributed by atoms with Gasteiger partial charge in [0.1, 0.15) is 17.6 Å². The van der Waals surface area contributed by atoms with E-state index in [1.54, 1.807) is 19.9 Å². The molecule has 3 aliphatic rings. The summed E-state index contributed by atoms with van der Waals surface area (Å²) >= 11 is 0. The zero-order chi connectivity index (χ0) is 22.2. The molecule has 7 heteroatoms. The standard InChI is InChI=1S/C24H22O7/c1-4-6-10(2)23(29)30-20-16-12(21(28)24(3)22(20)31-24)9-14(26)17-15-11(19(27)18(16)17)7-5-8-13(15)25/h5,7-10,20,22,25-26H,4,6H2,1-3H3/t10?,20-,22+,24-/m0/s1. The lowest BCUT2D eigenvalue weighted by Gasteiger charge is -2.28. The monoisotopic (exact) mass is 422 g/mol. The van der Waals surface area contributed by atoms with Crippen molar-refractivity contribution in [3.05, 3.63) is 46.5 Å². The van der Waals surface area contributed by atoms with E-state index in [1.165, 1.54) is 18.2 Å². The Labute approximate surface area is 178 Å². The zero-order valence-electron chi connectivity index (χ0n) is 17.4. The second-order valence-corrected chi connectivity index (χ2v) is 8.66. The van der Waals surface area contributed by atoms with Crippen LogP contribution in [0.25, 0.3) is 11.1 Å². The molecule has 1 heterocycles. The number of benzene rings is 2. The van der Waals surface area contributed by atoms with Gasteiger partial charge >= 0.3 is 5.97 Å². The second kappa shape index (κ2) is 6.40. The van der Waals surface area contributed by atoms with E-state index >= 15 is 0 Å². The third kappa shape index (κ3) is 2.53. The van der Waals surface area contributed by atoms with Crippen molar-refractivity contribution in [1.82, 2.24) is 0 Å². The van der Waals surface area contributed by atoms with Crippen molar-refractivity contribution in [2.75, 3.05) is 0 Å². The minimum Gasteiger partial charge on any atom is -0.507 e. The Balaban J connectivity index is 1.72. The highest BCUT2D eigenvalue weighted by Gasteiger charge is 2.68. The molecule has 0 aromatic heterocycles. The molecule has 5 rings (SSSR count). The summed E-state index contributed by atoms with van der Waals surface area (Å²) in [6, 6.07) is 5.80. The van der Waals surface area contributed by atoms with E-state index in [9.17, 15) is 24.6 Å². The first kappa shape index (κ1) is 19.8. The summed E-state index contributed by atoms with van der Waals surface area (Å²) in [6.45, 7) is 5.36. The van der Waals surface area contributed by atoms with Gasteiger partial charge in [-0.1, -0.05) is 32.4 Å². The third-order valence-corrected chi connectivity index (χ3v) is 6.59. The molecule has 0 saturated carbocycles. The largest absolute Gasteiger partial charge is 0.507 e. The van der Waals surface area contributed by atoms with Crippen LogP contribution in [0.4, 0.5) is 0 Å². The summed E-state index contributed by atoms with van der Waals surface area (Å²) in [4.78, 5) is 39.2. The predicted octanol–water partition coefficient (Wildman–Crippen LogP) is 3.68. The van der Waals surface area contributed by atoms with Crippen LogP contribution in [-0.4, -0.2) is 39.5 Å². The van der Waals surface area contributed by atoms with Crippen LogP contribution in [0.5, 0.6) is 11.5 Å². The number of hydrogen-bond donors (Lipinski definition) is 2. The van der Waals surface area contributed by atoms with Gasteiger partial charge in [0.25, 0.3) is 0 Å². The molecule has 0 spiro atoms. The Hall–Kier alpha value is -3.19. The highest BCUT2D eigenvalue weighted by atomic mass is 16.6. The van der Waals surface area contributed by atoms with Crippen LogP contribution in [0.2, 0.25) is 0 Å². The number of epoxide rings is 1. The molecule has 2 aliphatic carbocycles. The molecule has 1 unspecified atom stereocenters. The topological polar surface area (TPSA) is 113 Å². The van der Waals surface area contributed by atoms with Crippen molar-refractivity contribution in [3.63, 3.8) is 0 Å². The smallest absolute Gasteiger partial charge is 0.309 e. The second-order valence-electron chi connectivity index (χ2n) is 8.66. The Morgan fingerprint density at radius 3 is 2.61 bits per heavy atom. The molecule has 2 N–H and O–H groups in total. The number of esters is 1. The minimum atomic E-state index is -1.16. The van der Waals surface area contributed by atoms with Gasteiger partial charge in [0.05, 0.1) is 5.92 Å². The number of carbonyl (C=O) groups is 3. The van der Waals surface area contributed by atoms with Crippen molar-refractivity contribution in [2.45, 2.75) is 51.4 Å². The van der Waals surface area contributed by atoms with Crippen molar-refractivity contribution in [1.29, 1.82) is 0 Å². The highest BCUT2D eigenvalue weighted by Crippen LogP contribution is 2.58. The van der Waals surface area contributed by atoms with E-state index in [2.05, 4.69) is 0 Å². The van der Waals surface area contributed by atoms with Crippen LogP contribution in [0.15, 0.2) is 24.3 Å². The van der Waals surface area contributed by atoms with Gasteiger partial charge in [-0.25, -0.2) is 0 Å². The molecule has 4 atom stereocenters. The van der Waals surface area contributed by atoms with Gasteiger partial charge in [-0.2, -0.15) is 0 Å². The first-order valence-electron chi connectivity index (χ1n) is 10.4. The number of Topliss-reactive ketones (excluding diaryl/α,β-unsaturated/α-hetero) is 1. The number of ether oxygens (including phenoxy) is 2. The number of aromatic hydroxyl groups is 2. The van der Waals surface area contributed by atoms with Crippen molar-refractivity contribution >= 4 is 17.5 Å². The fourth-order valence-corrected chi connectivity index (χ4v) is 4.88. The van der Waals surface area contributed by atoms with Crippen LogP contribution in [0.3, 0.4) is 0 Å². The maximum atomic E-state index is 13.3. The van der Waals surface area contributed by atoms with Crippen LogP contribution >= 0.6 is 0 Å². The van der Waals surface area contributed by atoms with Gasteiger partial charge in [-0.05, 0) is 25.5 Å². The van der Waals surface area contributed by atoms with Crippen molar-refractivity contribution in [3.8, 4) is 22.6 Å². The lowest BCUT2D eigenvalue weighted by atomic mass is 9.78. The molecule has 1 aliphatic heterocycles. The maximum Gasteiger partial charge on any atom is 0.309 e. The zero-order valence-corrected chi connectivity index (χ0v) is 17.4. The van der Waals surface area contributed by atoms with E-state index in [1.807, 2.05) is 6.92 Å². The Kier molecular flexibility index (Phi) is 4.08. The van der Waals surface area contributed by atoms with Crippen LogP contribution < -0.4 is 0 Å². The van der Waals surface area contributed by atoms with Gasteiger partial charge in [-0.3, -0.25) is 14.4 Å². The average molecular weight is 422 g/mol. The van der Waals surface area contributed by atoms with Crippen LogP contribution in [-0.2, 0) is 14.3 Å². The number of fused-ring (bicyclic) bond motifs is 6. The Morgan fingerprint density at radius 1 is 1.16 bits per heavy atom. The predicted molar refractivity (Wildman–Crippen MR) is 109 cm³/mol. The SMILES string of the molecule is CCCC(C)C(=O)O[C@H]1c2c(cc(O)c3c2C(=O)c2cccc(O)c2-3)C(=O)[C@]2(C)O[C@H]12. The number of carbonyl (C=O) groups excluding carboxylic acids is 3. The van der Waals surface area contributed by atoms with E-state index in [0.717, 1.165) is 6.42 Å². The molecular formula is C24H22O7. The van der Waals surface area contributed by atoms with Gasteiger partial charge in [0.2, 0.25) is 0 Å². The number of hydrogen-bond acceptors (Lipinski definition) is 7. The Bertz CT molecular complexity index is 1180. The number of phenolic OH excluding ortho intramolecular Hbond substituents is 2. The lowest BCUT2D eigenvalue weighted by molar-refractivity contribution is -0.155. The molecule has 0 radical (unpaired) electrons. The minimum absolute atomic E-state index is 0.0818. The molecular weight excluding hydrogens is 400 g/mol. The lowest BCUT2D eigenvalue weighted by Crippen LogP contribution is -2.36. The first-order chi connectivity index (χ1) is 14.7. The van der Waals surface area contributed by atoms with Gasteiger partial charge in [-0.15, -0.1) is 0 Å². The Morgan fingerprint density at radius 2 is 1.90 bits per heavy atom. The molecule has 0 bridgehead atoms. The summed E-state index contributed by atoms with van der Waals surface area (Å²) in [7, 11) is 0. The average Bonchev–Trinajstić information content (AvgIpc) is 3.34. The normalized spacial score (nSPS) is 25.9. The molecule has 160 valence electrons. The highest BCUT2D eigenvalue weighted by molar-refractivity contribution is 6.26. The molecule has 7 nitrogen and oxygen atoms in total. The first-order valence-corrected chi connectivity index (χ1v) is 10.4. The number of ketones is 2. The quantitative estimate of drug-likeness (QED) is 0.487. The van der Waals surface area contributed by atoms with Gasteiger partial charge < -0.3 is 19.7 Å². The van der Waals surface area contributed by atoms with E-state index in [4.69, 9.17) is 9.47 Å².